The number of carbonyl (C=O) groups is 3. The molecule has 0 radical (unpaired) electrons. The SMILES string of the molecule is NCCCC[C@H](NN)C(=O)O.N[C@@H](Cc1ccc(O)cc1)C(=O)O.O=C(NCCO)c1cc(O)ccc1O. The summed E-state index contributed by atoms with van der Waals surface area (Å²) >= 11 is 0. The summed E-state index contributed by atoms with van der Waals surface area (Å²) in [5.74, 6) is 2.38. The predicted octanol–water partition coefficient (Wildman–Crippen LogP) is -0.802. The van der Waals surface area contributed by atoms with Crippen LogP contribution >= 0.6 is 0 Å². The Morgan fingerprint density at radius 1 is 0.895 bits per heavy atom. The van der Waals surface area contributed by atoms with Crippen molar-refractivity contribution in [3.63, 3.8) is 0 Å². The van der Waals surface area contributed by atoms with Gasteiger partial charge in [-0.3, -0.25) is 20.2 Å². The normalized spacial score (nSPS) is 11.6. The van der Waals surface area contributed by atoms with E-state index in [2.05, 4.69) is 10.7 Å². The number of nitrogens with two attached hydrogens (primary N) is 3. The lowest BCUT2D eigenvalue weighted by Crippen LogP contribution is -2.41. The Hall–Kier alpha value is -3.95. The number of nitrogens with one attached hydrogen (secondary N) is 2. The highest BCUT2D eigenvalue weighted by Crippen LogP contribution is 2.21. The molecule has 0 unspecified atom stereocenters. The fourth-order valence-corrected chi connectivity index (χ4v) is 2.71. The molecule has 14 heteroatoms. The fourth-order valence-electron chi connectivity index (χ4n) is 2.71. The van der Waals surface area contributed by atoms with Crippen LogP contribution in [-0.2, 0) is 16.0 Å². The minimum atomic E-state index is -1.02. The Kier molecular flexibility index (Phi) is 17.2. The molecule has 0 fully saturated rings. The molecule has 0 aliphatic carbocycles. The molecule has 0 bridgehead atoms. The van der Waals surface area contributed by atoms with Crippen molar-refractivity contribution in [2.75, 3.05) is 19.7 Å². The molecule has 2 rings (SSSR count). The van der Waals surface area contributed by atoms with Gasteiger partial charge in [0, 0.05) is 6.54 Å². The van der Waals surface area contributed by atoms with Gasteiger partial charge in [-0.1, -0.05) is 12.1 Å². The monoisotopic (exact) mass is 539 g/mol. The third-order valence-electron chi connectivity index (χ3n) is 4.78. The van der Waals surface area contributed by atoms with Crippen molar-refractivity contribution in [2.45, 2.75) is 37.8 Å². The number of rotatable bonds is 12. The van der Waals surface area contributed by atoms with Crippen molar-refractivity contribution in [3.8, 4) is 17.2 Å². The van der Waals surface area contributed by atoms with E-state index < -0.39 is 29.9 Å². The number of aromatic hydroxyl groups is 3. The second-order valence-electron chi connectivity index (χ2n) is 7.84. The second-order valence-corrected chi connectivity index (χ2v) is 7.84. The van der Waals surface area contributed by atoms with Gasteiger partial charge in [-0.25, -0.2) is 5.43 Å². The topological polar surface area (TPSA) is 275 Å². The quantitative estimate of drug-likeness (QED) is 0.0682. The van der Waals surface area contributed by atoms with E-state index in [1.54, 1.807) is 12.1 Å². The second kappa shape index (κ2) is 19.2. The number of aliphatic hydroxyl groups excluding tert-OH is 1. The van der Waals surface area contributed by atoms with Crippen LogP contribution in [0, 0.1) is 0 Å². The minimum Gasteiger partial charge on any atom is -0.508 e. The van der Waals surface area contributed by atoms with E-state index in [-0.39, 0.29) is 42.4 Å². The number of phenolic OH excluding ortho intramolecular Hbond substituents is 3. The molecule has 1 amide bonds. The zero-order valence-electron chi connectivity index (χ0n) is 20.8. The van der Waals surface area contributed by atoms with Gasteiger partial charge in [-0.05, 0) is 68.1 Å². The van der Waals surface area contributed by atoms with Crippen molar-refractivity contribution in [3.05, 3.63) is 53.6 Å². The zero-order chi connectivity index (χ0) is 29.1. The van der Waals surface area contributed by atoms with Gasteiger partial charge in [-0.2, -0.15) is 0 Å². The van der Waals surface area contributed by atoms with Gasteiger partial charge in [0.15, 0.2) is 0 Å². The van der Waals surface area contributed by atoms with Gasteiger partial charge in [0.05, 0.1) is 12.2 Å². The van der Waals surface area contributed by atoms with E-state index in [1.807, 2.05) is 0 Å². The lowest BCUT2D eigenvalue weighted by molar-refractivity contribution is -0.140. The summed E-state index contributed by atoms with van der Waals surface area (Å²) in [6.45, 7) is 0.524. The van der Waals surface area contributed by atoms with Crippen molar-refractivity contribution >= 4 is 17.8 Å². The molecule has 0 saturated heterocycles. The average Bonchev–Trinajstić information content (AvgIpc) is 2.88. The lowest BCUT2D eigenvalue weighted by atomic mass is 10.1. The van der Waals surface area contributed by atoms with Crippen molar-refractivity contribution < 1.29 is 45.0 Å². The summed E-state index contributed by atoms with van der Waals surface area (Å²) in [6.07, 6.45) is 2.43. The summed E-state index contributed by atoms with van der Waals surface area (Å²) in [5, 5.41) is 55.1. The summed E-state index contributed by atoms with van der Waals surface area (Å²) in [7, 11) is 0. The standard InChI is InChI=1S/C9H11NO4.C9H11NO3.C6H15N3O2/c11-4-3-10-9(14)7-5-6(12)1-2-8(7)13;10-8(9(12)13)5-6-1-3-7(11)4-2-6;7-4-2-1-3-5(9-8)6(10)11/h1-2,5,11-13H,3-4H2,(H,10,14);1-4,8,11H,5,10H2,(H,12,13);5,9H,1-4,7-8H2,(H,10,11)/t;8-;5-/m.00/s1. The Morgan fingerprint density at radius 3 is 2.00 bits per heavy atom. The smallest absolute Gasteiger partial charge is 0.322 e. The molecule has 2 aromatic carbocycles. The van der Waals surface area contributed by atoms with Crippen molar-refractivity contribution in [2.24, 2.45) is 17.3 Å². The molecule has 0 aromatic heterocycles. The number of phenols is 3. The molecule has 0 spiro atoms. The van der Waals surface area contributed by atoms with E-state index >= 15 is 0 Å². The molecule has 2 aromatic rings. The minimum absolute atomic E-state index is 0.0153. The van der Waals surface area contributed by atoms with Gasteiger partial charge < -0.3 is 47.4 Å². The van der Waals surface area contributed by atoms with Crippen LogP contribution in [-0.4, -0.2) is 80.3 Å². The number of hydrogen-bond donors (Lipinski definition) is 11. The van der Waals surface area contributed by atoms with E-state index in [0.717, 1.165) is 24.5 Å². The van der Waals surface area contributed by atoms with Crippen LogP contribution in [0.3, 0.4) is 0 Å². The lowest BCUT2D eigenvalue weighted by Gasteiger charge is -2.09. The van der Waals surface area contributed by atoms with Crippen LogP contribution in [0.15, 0.2) is 42.5 Å². The largest absolute Gasteiger partial charge is 0.508 e. The van der Waals surface area contributed by atoms with Crippen LogP contribution < -0.4 is 28.1 Å². The molecule has 14 nitrogen and oxygen atoms in total. The van der Waals surface area contributed by atoms with Gasteiger partial charge in [0.25, 0.3) is 5.91 Å². The summed E-state index contributed by atoms with van der Waals surface area (Å²) in [5.41, 5.74) is 13.6. The highest BCUT2D eigenvalue weighted by Gasteiger charge is 2.14. The summed E-state index contributed by atoms with van der Waals surface area (Å²) < 4.78 is 0. The van der Waals surface area contributed by atoms with Crippen molar-refractivity contribution in [1.82, 2.24) is 10.7 Å². The number of carboxylic acids is 2. The van der Waals surface area contributed by atoms with Gasteiger partial charge in [0.2, 0.25) is 0 Å². The van der Waals surface area contributed by atoms with Crippen LogP contribution in [0.1, 0.15) is 35.2 Å². The molecular formula is C24H37N5O9. The maximum absolute atomic E-state index is 11.3. The third-order valence-corrected chi connectivity index (χ3v) is 4.78. The van der Waals surface area contributed by atoms with Gasteiger partial charge in [-0.15, -0.1) is 0 Å². The molecule has 0 aliphatic rings. The first-order chi connectivity index (χ1) is 18.0. The van der Waals surface area contributed by atoms with Crippen LogP contribution in [0.5, 0.6) is 17.2 Å². The molecule has 38 heavy (non-hydrogen) atoms. The van der Waals surface area contributed by atoms with Crippen molar-refractivity contribution in [1.29, 1.82) is 0 Å². The first kappa shape index (κ1) is 34.0. The molecule has 212 valence electrons. The number of carbonyl (C=O) groups excluding carboxylic acids is 1. The molecular weight excluding hydrogens is 502 g/mol. The molecule has 14 N–H and O–H groups in total. The zero-order valence-corrected chi connectivity index (χ0v) is 20.8. The Balaban J connectivity index is 0.000000545. The van der Waals surface area contributed by atoms with Gasteiger partial charge >= 0.3 is 11.9 Å². The van der Waals surface area contributed by atoms with Crippen LogP contribution in [0.2, 0.25) is 0 Å². The number of hydrogen-bond acceptors (Lipinski definition) is 11. The molecule has 0 saturated carbocycles. The van der Waals surface area contributed by atoms with E-state index in [0.29, 0.717) is 13.0 Å². The summed E-state index contributed by atoms with van der Waals surface area (Å²) in [6, 6.07) is 8.44. The highest BCUT2D eigenvalue weighted by atomic mass is 16.4. The molecule has 0 aliphatic heterocycles. The third kappa shape index (κ3) is 14.6. The maximum atomic E-state index is 11.3. The maximum Gasteiger partial charge on any atom is 0.322 e. The Labute approximate surface area is 219 Å². The molecule has 0 heterocycles. The summed E-state index contributed by atoms with van der Waals surface area (Å²) in [4.78, 5) is 32.0. The van der Waals surface area contributed by atoms with E-state index in [9.17, 15) is 19.5 Å². The first-order valence-electron chi connectivity index (χ1n) is 11.5. The predicted molar refractivity (Wildman–Crippen MR) is 138 cm³/mol. The Bertz CT molecular complexity index is 990. The molecule has 2 atom stereocenters. The van der Waals surface area contributed by atoms with Crippen LogP contribution in [0.4, 0.5) is 0 Å². The number of hydrazine groups is 1. The average molecular weight is 540 g/mol. The number of benzene rings is 2. The number of carboxylic acid groups (broad SMARTS) is 2. The fraction of sp³-hybridized carbons (Fsp3) is 0.375. The van der Waals surface area contributed by atoms with Gasteiger partial charge in [0.1, 0.15) is 29.3 Å². The number of unbranched alkanes of at least 4 members (excludes halogenated alkanes) is 1. The first-order valence-corrected chi connectivity index (χ1v) is 11.5. The Morgan fingerprint density at radius 2 is 1.50 bits per heavy atom. The van der Waals surface area contributed by atoms with E-state index in [4.69, 9.17) is 42.8 Å². The van der Waals surface area contributed by atoms with E-state index in [1.165, 1.54) is 24.3 Å². The van der Waals surface area contributed by atoms with Crippen LogP contribution in [0.25, 0.3) is 0 Å². The number of aliphatic carboxylic acids is 2. The highest BCUT2D eigenvalue weighted by molar-refractivity contribution is 5.97. The number of aliphatic hydroxyl groups is 1. The number of amides is 1.